The molecule has 3 aromatic carbocycles. The first-order valence-corrected chi connectivity index (χ1v) is 15.1. The monoisotopic (exact) mass is 609 g/mol. The van der Waals surface area contributed by atoms with Gasteiger partial charge in [0, 0.05) is 17.4 Å². The topological polar surface area (TPSA) is 121 Å². The van der Waals surface area contributed by atoms with Crippen molar-refractivity contribution >= 4 is 31.5 Å². The molecule has 44 heavy (non-hydrogen) atoms. The maximum atomic E-state index is 12.0. The van der Waals surface area contributed by atoms with Crippen molar-refractivity contribution in [1.29, 1.82) is 0 Å². The Morgan fingerprint density at radius 3 is 2.50 bits per heavy atom. The van der Waals surface area contributed by atoms with Gasteiger partial charge in [-0.3, -0.25) is 4.79 Å². The van der Waals surface area contributed by atoms with Crippen LogP contribution in [0.15, 0.2) is 77.2 Å². The van der Waals surface area contributed by atoms with E-state index in [1.54, 1.807) is 13.2 Å². The molecular formula is C34H36N5O4P. The number of carbonyl (C=O) groups is 1. The average Bonchev–Trinajstić information content (AvgIpc) is 3.75. The summed E-state index contributed by atoms with van der Waals surface area (Å²) in [7, 11) is 4.33. The van der Waals surface area contributed by atoms with Crippen molar-refractivity contribution in [2.24, 2.45) is 5.73 Å². The van der Waals surface area contributed by atoms with Gasteiger partial charge in [-0.05, 0) is 85.6 Å². The van der Waals surface area contributed by atoms with Crippen LogP contribution in [-0.2, 0) is 13.0 Å². The number of ether oxygens (including phenoxy) is 1. The molecule has 9 nitrogen and oxygen atoms in total. The zero-order chi connectivity index (χ0) is 31.5. The highest BCUT2D eigenvalue weighted by Gasteiger charge is 2.20. The minimum absolute atomic E-state index is 0.00612. The summed E-state index contributed by atoms with van der Waals surface area (Å²) in [4.78, 5) is 17.0. The van der Waals surface area contributed by atoms with Crippen LogP contribution in [0.5, 0.6) is 11.5 Å². The van der Waals surface area contributed by atoms with E-state index in [4.69, 9.17) is 25.0 Å². The second kappa shape index (κ2) is 12.8. The number of rotatable bonds is 8. The molecule has 0 aliphatic heterocycles. The fraction of sp³-hybridized carbons (Fsp3) is 0.206. The Morgan fingerprint density at radius 2 is 1.84 bits per heavy atom. The number of hydrogen-bond donors (Lipinski definition) is 2. The van der Waals surface area contributed by atoms with Crippen LogP contribution in [-0.4, -0.2) is 37.5 Å². The minimum Gasteiger partial charge on any atom is -0.507 e. The lowest BCUT2D eigenvalue weighted by Gasteiger charge is -2.13. The van der Waals surface area contributed by atoms with Crippen molar-refractivity contribution in [3.63, 3.8) is 0 Å². The highest BCUT2D eigenvalue weighted by atomic mass is 31.0. The molecule has 6 aromatic rings. The minimum atomic E-state index is -0.588. The molecule has 1 atom stereocenters. The fourth-order valence-corrected chi connectivity index (χ4v) is 5.52. The van der Waals surface area contributed by atoms with Crippen LogP contribution < -0.4 is 15.8 Å². The van der Waals surface area contributed by atoms with Gasteiger partial charge in [0.2, 0.25) is 5.91 Å². The summed E-state index contributed by atoms with van der Waals surface area (Å²) in [6, 6.07) is 22.3. The van der Waals surface area contributed by atoms with E-state index in [2.05, 4.69) is 16.2 Å². The number of furan rings is 1. The molecule has 226 valence electrons. The lowest BCUT2D eigenvalue weighted by molar-refractivity contribution is 0.100. The van der Waals surface area contributed by atoms with Gasteiger partial charge in [-0.15, -0.1) is 9.24 Å². The van der Waals surface area contributed by atoms with Gasteiger partial charge in [0.05, 0.1) is 35.1 Å². The second-order valence-electron chi connectivity index (χ2n) is 10.1. The fourth-order valence-electron chi connectivity index (χ4n) is 5.10. The van der Waals surface area contributed by atoms with Crippen molar-refractivity contribution in [1.82, 2.24) is 19.3 Å². The number of aromatic nitrogens is 4. The Balaban J connectivity index is 0.00000188. The summed E-state index contributed by atoms with van der Waals surface area (Å²) in [6.45, 7) is 8.43. The number of phenols is 1. The van der Waals surface area contributed by atoms with Gasteiger partial charge in [-0.1, -0.05) is 26.8 Å². The van der Waals surface area contributed by atoms with Crippen molar-refractivity contribution < 1.29 is 19.1 Å². The molecule has 3 heterocycles. The van der Waals surface area contributed by atoms with Crippen LogP contribution in [0.25, 0.3) is 39.6 Å². The van der Waals surface area contributed by atoms with Gasteiger partial charge >= 0.3 is 0 Å². The van der Waals surface area contributed by atoms with Gasteiger partial charge in [0.1, 0.15) is 28.8 Å². The van der Waals surface area contributed by atoms with Crippen LogP contribution in [0.2, 0.25) is 0 Å². The number of carbonyl (C=O) groups excluding carboxylic acids is 1. The molecule has 0 bridgehead atoms. The molecule has 0 fully saturated rings. The molecule has 0 saturated heterocycles. The van der Waals surface area contributed by atoms with E-state index in [9.17, 15) is 9.90 Å². The van der Waals surface area contributed by atoms with Gasteiger partial charge in [-0.25, -0.2) is 9.67 Å². The molecule has 1 unspecified atom stereocenters. The largest absolute Gasteiger partial charge is 0.507 e. The summed E-state index contributed by atoms with van der Waals surface area (Å²) < 4.78 is 15.2. The average molecular weight is 610 g/mol. The van der Waals surface area contributed by atoms with Gasteiger partial charge in [0.25, 0.3) is 0 Å². The van der Waals surface area contributed by atoms with Gasteiger partial charge in [0.15, 0.2) is 5.76 Å². The molecule has 0 aliphatic rings. The first kappa shape index (κ1) is 30.6. The zero-order valence-electron chi connectivity index (χ0n) is 25.5. The molecule has 6 rings (SSSR count). The highest BCUT2D eigenvalue weighted by Crippen LogP contribution is 2.34. The number of benzene rings is 3. The summed E-state index contributed by atoms with van der Waals surface area (Å²) in [5.74, 6) is 2.22. The first-order chi connectivity index (χ1) is 21.2. The Kier molecular flexibility index (Phi) is 8.88. The molecule has 3 N–H and O–H groups in total. The SMILES string of the molecule is CC.CCc1cc(-c2ccc(C)o2)n(-c2ccc3c(c2)nc(-c2cc(C(N)=O)ccc2O)n3Cc2ccc(OC)c(P)c2)n1. The summed E-state index contributed by atoms with van der Waals surface area (Å²) >= 11 is 0. The molecule has 3 aromatic heterocycles. The Hall–Kier alpha value is -4.88. The number of hydrogen-bond acceptors (Lipinski definition) is 6. The number of primary amides is 1. The second-order valence-corrected chi connectivity index (χ2v) is 10.7. The van der Waals surface area contributed by atoms with Gasteiger partial charge in [-0.2, -0.15) is 5.10 Å². The quantitative estimate of drug-likeness (QED) is 0.193. The third kappa shape index (κ3) is 5.83. The van der Waals surface area contributed by atoms with E-state index in [0.717, 1.165) is 57.2 Å². The van der Waals surface area contributed by atoms with Gasteiger partial charge < -0.3 is 24.6 Å². The number of fused-ring (bicyclic) bond motifs is 1. The van der Waals surface area contributed by atoms with Crippen LogP contribution in [0.3, 0.4) is 0 Å². The Bertz CT molecular complexity index is 1970. The third-order valence-electron chi connectivity index (χ3n) is 7.25. The summed E-state index contributed by atoms with van der Waals surface area (Å²) in [5, 5.41) is 16.6. The summed E-state index contributed by atoms with van der Waals surface area (Å²) in [6.07, 6.45) is 0.774. The van der Waals surface area contributed by atoms with E-state index >= 15 is 0 Å². The number of aromatic hydroxyl groups is 1. The van der Waals surface area contributed by atoms with Crippen LogP contribution in [0.1, 0.15) is 48.1 Å². The number of nitrogens with zero attached hydrogens (tertiary/aromatic N) is 4. The number of methoxy groups -OCH3 is 1. The Morgan fingerprint density at radius 1 is 1.05 bits per heavy atom. The van der Waals surface area contributed by atoms with Crippen molar-refractivity contribution in [2.75, 3.05) is 7.11 Å². The van der Waals surface area contributed by atoms with E-state index in [1.165, 1.54) is 12.1 Å². The molecule has 10 heteroatoms. The summed E-state index contributed by atoms with van der Waals surface area (Å²) in [5.41, 5.74) is 11.4. The van der Waals surface area contributed by atoms with Crippen molar-refractivity contribution in [2.45, 2.75) is 40.7 Å². The molecule has 0 saturated carbocycles. The maximum Gasteiger partial charge on any atom is 0.248 e. The van der Waals surface area contributed by atoms with Crippen LogP contribution in [0.4, 0.5) is 0 Å². The van der Waals surface area contributed by atoms with E-state index in [-0.39, 0.29) is 11.3 Å². The first-order valence-electron chi connectivity index (χ1n) is 14.5. The van der Waals surface area contributed by atoms with Crippen LogP contribution in [0, 0.1) is 6.92 Å². The Labute approximate surface area is 258 Å². The standard InChI is InChI=1S/C32H30N5O4P.C2H6/c1-4-21-15-26(28-11-5-18(2)41-28)37(35-21)22-8-9-25-24(16-22)34-32(23-14-20(31(33)39)7-10-27(23)38)36(25)17-19-6-12-29(40-3)30(42)13-19;1-2/h5-16,38H,4,17,42H2,1-3H3,(H2,33,39);1-2H3. The predicted octanol–water partition coefficient (Wildman–Crippen LogP) is 6.41. The number of nitrogens with two attached hydrogens (primary N) is 1. The lowest BCUT2D eigenvalue weighted by Crippen LogP contribution is -2.11. The zero-order valence-corrected chi connectivity index (χ0v) is 26.6. The molecular weight excluding hydrogens is 573 g/mol. The molecule has 0 aliphatic carbocycles. The van der Waals surface area contributed by atoms with Crippen LogP contribution >= 0.6 is 9.24 Å². The normalized spacial score (nSPS) is 11.0. The number of amides is 1. The maximum absolute atomic E-state index is 12.0. The van der Waals surface area contributed by atoms with E-state index in [1.807, 2.05) is 84.6 Å². The molecule has 0 radical (unpaired) electrons. The molecule has 0 spiro atoms. The number of aryl methyl sites for hydroxylation is 2. The molecule has 1 amide bonds. The number of phenolic OH excluding ortho intramolecular Hbond substituents is 1. The third-order valence-corrected chi connectivity index (χ3v) is 7.70. The van der Waals surface area contributed by atoms with Crippen molar-refractivity contribution in [3.8, 4) is 40.0 Å². The lowest BCUT2D eigenvalue weighted by atomic mass is 10.1. The van der Waals surface area contributed by atoms with E-state index < -0.39 is 5.91 Å². The smallest absolute Gasteiger partial charge is 0.248 e. The number of imidazole rings is 1. The highest BCUT2D eigenvalue weighted by molar-refractivity contribution is 7.27. The van der Waals surface area contributed by atoms with E-state index in [0.29, 0.717) is 23.4 Å². The predicted molar refractivity (Wildman–Crippen MR) is 177 cm³/mol. The van der Waals surface area contributed by atoms with Crippen molar-refractivity contribution in [3.05, 3.63) is 95.4 Å².